The molecular formula is C12H25N3. The lowest BCUT2D eigenvalue weighted by molar-refractivity contribution is 0.0134. The number of nitrogens with two attached hydrogens (primary N) is 1. The molecule has 2 unspecified atom stereocenters. The maximum Gasteiger partial charge on any atom is 0.0223 e. The van der Waals surface area contributed by atoms with Crippen molar-refractivity contribution >= 4 is 0 Å². The van der Waals surface area contributed by atoms with Crippen LogP contribution in [0.4, 0.5) is 0 Å². The van der Waals surface area contributed by atoms with Gasteiger partial charge in [0, 0.05) is 37.8 Å². The molecule has 0 amide bonds. The minimum Gasteiger partial charge on any atom is -0.327 e. The normalized spacial score (nSPS) is 36.2. The van der Waals surface area contributed by atoms with Gasteiger partial charge in [-0.15, -0.1) is 0 Å². The highest BCUT2D eigenvalue weighted by Gasteiger charge is 2.32. The van der Waals surface area contributed by atoms with E-state index in [1.54, 1.807) is 0 Å². The largest absolute Gasteiger partial charge is 0.327 e. The van der Waals surface area contributed by atoms with E-state index in [0.29, 0.717) is 12.1 Å². The van der Waals surface area contributed by atoms with Crippen LogP contribution in [0.5, 0.6) is 0 Å². The lowest BCUT2D eigenvalue weighted by Crippen LogP contribution is -2.60. The van der Waals surface area contributed by atoms with Crippen LogP contribution in [0, 0.1) is 0 Å². The number of hydrogen-bond acceptors (Lipinski definition) is 3. The van der Waals surface area contributed by atoms with Gasteiger partial charge in [0.1, 0.15) is 0 Å². The molecule has 2 heterocycles. The molecule has 88 valence electrons. The average Bonchev–Trinajstić information content (AvgIpc) is 2.18. The Kier molecular flexibility index (Phi) is 3.65. The first-order valence-electron chi connectivity index (χ1n) is 6.40. The van der Waals surface area contributed by atoms with Crippen LogP contribution in [-0.2, 0) is 0 Å². The third kappa shape index (κ3) is 2.71. The Morgan fingerprint density at radius 1 is 1.33 bits per heavy atom. The molecule has 0 spiro atoms. The second kappa shape index (κ2) is 4.81. The molecule has 0 aliphatic carbocycles. The highest BCUT2D eigenvalue weighted by Crippen LogP contribution is 2.23. The predicted octanol–water partition coefficient (Wildman–Crippen LogP) is 0.892. The number of fused-ring (bicyclic) bond motifs is 1. The Labute approximate surface area is 93.6 Å². The van der Waals surface area contributed by atoms with E-state index in [2.05, 4.69) is 23.6 Å². The van der Waals surface area contributed by atoms with Crippen molar-refractivity contribution in [3.8, 4) is 0 Å². The predicted molar refractivity (Wildman–Crippen MR) is 63.9 cm³/mol. The summed E-state index contributed by atoms with van der Waals surface area (Å²) in [6.45, 7) is 9.32. The molecule has 2 saturated heterocycles. The number of piperazine rings is 1. The van der Waals surface area contributed by atoms with E-state index in [4.69, 9.17) is 5.73 Å². The summed E-state index contributed by atoms with van der Waals surface area (Å²) in [6.07, 6.45) is 4.21. The van der Waals surface area contributed by atoms with Gasteiger partial charge in [0.25, 0.3) is 0 Å². The van der Waals surface area contributed by atoms with Crippen LogP contribution in [-0.4, -0.2) is 54.1 Å². The van der Waals surface area contributed by atoms with Crippen molar-refractivity contribution < 1.29 is 0 Å². The molecule has 2 fully saturated rings. The van der Waals surface area contributed by atoms with Crippen molar-refractivity contribution in [2.45, 2.75) is 51.2 Å². The Balaban J connectivity index is 1.92. The average molecular weight is 211 g/mol. The minimum absolute atomic E-state index is 0.308. The third-order valence-electron chi connectivity index (χ3n) is 3.84. The highest BCUT2D eigenvalue weighted by molar-refractivity contribution is 4.89. The first-order valence-corrected chi connectivity index (χ1v) is 6.40. The van der Waals surface area contributed by atoms with Crippen LogP contribution in [0.2, 0.25) is 0 Å². The molecule has 0 aromatic rings. The summed E-state index contributed by atoms with van der Waals surface area (Å²) in [6, 6.07) is 1.81. The zero-order chi connectivity index (χ0) is 10.8. The topological polar surface area (TPSA) is 32.5 Å². The molecular weight excluding hydrogens is 186 g/mol. The lowest BCUT2D eigenvalue weighted by Gasteiger charge is -2.48. The van der Waals surface area contributed by atoms with Gasteiger partial charge in [-0.25, -0.2) is 0 Å². The highest BCUT2D eigenvalue weighted by atomic mass is 15.3. The van der Waals surface area contributed by atoms with Gasteiger partial charge < -0.3 is 5.73 Å². The summed E-state index contributed by atoms with van der Waals surface area (Å²) in [5.41, 5.74) is 5.90. The van der Waals surface area contributed by atoms with Crippen molar-refractivity contribution in [2.24, 2.45) is 5.73 Å². The van der Waals surface area contributed by atoms with Crippen LogP contribution >= 0.6 is 0 Å². The van der Waals surface area contributed by atoms with Gasteiger partial charge in [0.05, 0.1) is 0 Å². The van der Waals surface area contributed by atoms with E-state index in [0.717, 1.165) is 12.6 Å². The Bertz CT molecular complexity index is 205. The molecule has 3 nitrogen and oxygen atoms in total. The number of hydrogen-bond donors (Lipinski definition) is 1. The zero-order valence-electron chi connectivity index (χ0n) is 10.2. The minimum atomic E-state index is 0.308. The van der Waals surface area contributed by atoms with Gasteiger partial charge >= 0.3 is 0 Å². The quantitative estimate of drug-likeness (QED) is 0.736. The van der Waals surface area contributed by atoms with Gasteiger partial charge in [-0.1, -0.05) is 6.42 Å². The van der Waals surface area contributed by atoms with Crippen LogP contribution in [0.3, 0.4) is 0 Å². The second-order valence-corrected chi connectivity index (χ2v) is 5.42. The molecule has 2 rings (SSSR count). The standard InChI is InChI=1S/C12H25N3/c1-10(13)7-15-9-12-5-3-4-6-14(12)8-11(15)2/h10-12H,3-9,13H2,1-2H3/t10-,11?,12?/m1/s1. The summed E-state index contributed by atoms with van der Waals surface area (Å²) >= 11 is 0. The molecule has 2 aliphatic heterocycles. The maximum atomic E-state index is 5.90. The Morgan fingerprint density at radius 3 is 2.87 bits per heavy atom. The van der Waals surface area contributed by atoms with E-state index in [9.17, 15) is 0 Å². The molecule has 0 bridgehead atoms. The number of rotatable bonds is 2. The first-order chi connectivity index (χ1) is 7.16. The number of nitrogens with zero attached hydrogens (tertiary/aromatic N) is 2. The third-order valence-corrected chi connectivity index (χ3v) is 3.84. The molecule has 0 aromatic heterocycles. The zero-order valence-corrected chi connectivity index (χ0v) is 10.2. The summed E-state index contributed by atoms with van der Waals surface area (Å²) < 4.78 is 0. The Hall–Kier alpha value is -0.120. The van der Waals surface area contributed by atoms with Crippen LogP contribution < -0.4 is 5.73 Å². The van der Waals surface area contributed by atoms with E-state index < -0.39 is 0 Å². The fourth-order valence-corrected chi connectivity index (χ4v) is 3.04. The molecule has 15 heavy (non-hydrogen) atoms. The van der Waals surface area contributed by atoms with E-state index in [1.165, 1.54) is 38.9 Å². The van der Waals surface area contributed by atoms with Gasteiger partial charge in [-0.3, -0.25) is 9.80 Å². The smallest absolute Gasteiger partial charge is 0.0223 e. The monoisotopic (exact) mass is 211 g/mol. The van der Waals surface area contributed by atoms with Crippen molar-refractivity contribution in [3.05, 3.63) is 0 Å². The summed E-state index contributed by atoms with van der Waals surface area (Å²) in [7, 11) is 0. The molecule has 3 atom stereocenters. The summed E-state index contributed by atoms with van der Waals surface area (Å²) in [5.74, 6) is 0. The van der Waals surface area contributed by atoms with Gasteiger partial charge in [0.15, 0.2) is 0 Å². The van der Waals surface area contributed by atoms with Crippen LogP contribution in [0.15, 0.2) is 0 Å². The molecule has 3 heteroatoms. The summed E-state index contributed by atoms with van der Waals surface area (Å²) in [4.78, 5) is 5.27. The van der Waals surface area contributed by atoms with Crippen molar-refractivity contribution in [3.63, 3.8) is 0 Å². The Morgan fingerprint density at radius 2 is 2.13 bits per heavy atom. The van der Waals surface area contributed by atoms with Crippen molar-refractivity contribution in [2.75, 3.05) is 26.2 Å². The van der Waals surface area contributed by atoms with Crippen LogP contribution in [0.25, 0.3) is 0 Å². The molecule has 0 aromatic carbocycles. The summed E-state index contributed by atoms with van der Waals surface area (Å²) in [5, 5.41) is 0. The van der Waals surface area contributed by atoms with E-state index in [1.807, 2.05) is 0 Å². The van der Waals surface area contributed by atoms with Gasteiger partial charge in [-0.05, 0) is 33.2 Å². The van der Waals surface area contributed by atoms with E-state index in [-0.39, 0.29) is 0 Å². The van der Waals surface area contributed by atoms with Crippen LogP contribution in [0.1, 0.15) is 33.1 Å². The molecule has 2 N–H and O–H groups in total. The SMILES string of the molecule is CC1CN2CCCCC2CN1C[C@@H](C)N. The lowest BCUT2D eigenvalue weighted by atomic mass is 9.97. The molecule has 0 saturated carbocycles. The van der Waals surface area contributed by atoms with Gasteiger partial charge in [-0.2, -0.15) is 0 Å². The number of piperidine rings is 1. The van der Waals surface area contributed by atoms with E-state index >= 15 is 0 Å². The fourth-order valence-electron chi connectivity index (χ4n) is 3.04. The second-order valence-electron chi connectivity index (χ2n) is 5.42. The maximum absolute atomic E-state index is 5.90. The van der Waals surface area contributed by atoms with Crippen molar-refractivity contribution in [1.82, 2.24) is 9.80 Å². The van der Waals surface area contributed by atoms with Crippen molar-refractivity contribution in [1.29, 1.82) is 0 Å². The first kappa shape index (κ1) is 11.4. The molecule has 0 radical (unpaired) electrons. The molecule has 2 aliphatic rings. The van der Waals surface area contributed by atoms with Gasteiger partial charge in [0.2, 0.25) is 0 Å². The fraction of sp³-hybridized carbons (Fsp3) is 1.00.